The number of nitrogens with one attached hydrogen (secondary N) is 1. The summed E-state index contributed by atoms with van der Waals surface area (Å²) >= 11 is 0. The summed E-state index contributed by atoms with van der Waals surface area (Å²) in [4.78, 5) is 18.9. The number of rotatable bonds is 6. The molecule has 0 bridgehead atoms. The molecule has 1 aliphatic rings. The van der Waals surface area contributed by atoms with Crippen LogP contribution in [0.1, 0.15) is 49.3 Å². The number of carbonyl (C=O) groups is 1. The minimum absolute atomic E-state index is 0.137. The molecule has 1 saturated heterocycles. The number of hydrogen-bond acceptors (Lipinski definition) is 4. The monoisotopic (exact) mass is 293 g/mol. The van der Waals surface area contributed by atoms with E-state index in [0.29, 0.717) is 35.6 Å². The van der Waals surface area contributed by atoms with Crippen molar-refractivity contribution in [2.45, 2.75) is 40.5 Å². The first-order valence-corrected chi connectivity index (χ1v) is 7.96. The summed E-state index contributed by atoms with van der Waals surface area (Å²) in [5.74, 6) is 2.09. The van der Waals surface area contributed by atoms with E-state index in [1.807, 2.05) is 13.8 Å². The quantitative estimate of drug-likeness (QED) is 0.874. The fourth-order valence-electron chi connectivity index (χ4n) is 2.89. The predicted octanol–water partition coefficient (Wildman–Crippen LogP) is 2.25. The van der Waals surface area contributed by atoms with Crippen LogP contribution in [-0.4, -0.2) is 42.0 Å². The zero-order valence-electron chi connectivity index (χ0n) is 13.6. The number of nitrogens with zero attached hydrogens (tertiary/aromatic N) is 2. The van der Waals surface area contributed by atoms with E-state index in [-0.39, 0.29) is 5.91 Å². The van der Waals surface area contributed by atoms with E-state index in [2.05, 4.69) is 29.0 Å². The molecule has 1 fully saturated rings. The van der Waals surface area contributed by atoms with Crippen molar-refractivity contribution in [3.8, 4) is 0 Å². The number of aryl methyl sites for hydroxylation is 2. The van der Waals surface area contributed by atoms with Crippen LogP contribution in [0.25, 0.3) is 0 Å². The van der Waals surface area contributed by atoms with Gasteiger partial charge in [-0.05, 0) is 31.7 Å². The topological polar surface area (TPSA) is 58.4 Å². The highest BCUT2D eigenvalue weighted by Gasteiger charge is 2.24. The third kappa shape index (κ3) is 4.30. The zero-order valence-corrected chi connectivity index (χ0v) is 13.6. The Morgan fingerprint density at radius 1 is 1.52 bits per heavy atom. The lowest BCUT2D eigenvalue weighted by molar-refractivity contribution is 0.0917. The molecule has 21 heavy (non-hydrogen) atoms. The van der Waals surface area contributed by atoms with Gasteiger partial charge in [0.05, 0.1) is 5.69 Å². The third-order valence-corrected chi connectivity index (χ3v) is 3.89. The summed E-state index contributed by atoms with van der Waals surface area (Å²) in [6.07, 6.45) is 1.86. The second-order valence-electron chi connectivity index (χ2n) is 6.39. The van der Waals surface area contributed by atoms with Crippen molar-refractivity contribution in [3.05, 3.63) is 17.3 Å². The molecule has 0 radical (unpaired) electrons. The van der Waals surface area contributed by atoms with Crippen LogP contribution >= 0.6 is 0 Å². The molecule has 118 valence electrons. The third-order valence-electron chi connectivity index (χ3n) is 3.89. The van der Waals surface area contributed by atoms with E-state index in [1.54, 1.807) is 0 Å². The normalized spacial score (nSPS) is 19.4. The molecule has 5 heteroatoms. The summed E-state index contributed by atoms with van der Waals surface area (Å²) in [5, 5.41) is 2.99. The lowest BCUT2D eigenvalue weighted by Gasteiger charge is -2.18. The van der Waals surface area contributed by atoms with Gasteiger partial charge in [0, 0.05) is 26.1 Å². The Labute approximate surface area is 127 Å². The van der Waals surface area contributed by atoms with Gasteiger partial charge in [0.2, 0.25) is 5.76 Å². The van der Waals surface area contributed by atoms with Crippen LogP contribution in [0.2, 0.25) is 0 Å². The van der Waals surface area contributed by atoms with Crippen LogP contribution in [0.3, 0.4) is 0 Å². The number of hydrogen-bond donors (Lipinski definition) is 1. The van der Waals surface area contributed by atoms with E-state index >= 15 is 0 Å². The minimum atomic E-state index is -0.137. The van der Waals surface area contributed by atoms with Gasteiger partial charge in [-0.2, -0.15) is 0 Å². The summed E-state index contributed by atoms with van der Waals surface area (Å²) in [6.45, 7) is 12.3. The lowest BCUT2D eigenvalue weighted by atomic mass is 10.1. The zero-order chi connectivity index (χ0) is 15.4. The molecule has 1 N–H and O–H groups in total. The average molecular weight is 293 g/mol. The fraction of sp³-hybridized carbons (Fsp3) is 0.750. The molecule has 0 aromatic carbocycles. The molecular formula is C16H27N3O2. The highest BCUT2D eigenvalue weighted by molar-refractivity contribution is 5.92. The SMILES string of the molecule is CCc1nc(C)c(C(=O)NC[C@@H]2CCN(CC(C)C)C2)o1. The van der Waals surface area contributed by atoms with Crippen molar-refractivity contribution >= 4 is 5.91 Å². The van der Waals surface area contributed by atoms with Crippen molar-refractivity contribution in [2.24, 2.45) is 11.8 Å². The second kappa shape index (κ2) is 7.07. The van der Waals surface area contributed by atoms with Gasteiger partial charge in [-0.3, -0.25) is 4.79 Å². The van der Waals surface area contributed by atoms with E-state index < -0.39 is 0 Å². The largest absolute Gasteiger partial charge is 0.435 e. The minimum Gasteiger partial charge on any atom is -0.435 e. The predicted molar refractivity (Wildman–Crippen MR) is 82.3 cm³/mol. The van der Waals surface area contributed by atoms with Gasteiger partial charge in [0.15, 0.2) is 5.89 Å². The van der Waals surface area contributed by atoms with Crippen molar-refractivity contribution in [3.63, 3.8) is 0 Å². The van der Waals surface area contributed by atoms with Gasteiger partial charge in [0.1, 0.15) is 0 Å². The molecule has 1 aliphatic heterocycles. The lowest BCUT2D eigenvalue weighted by Crippen LogP contribution is -2.32. The molecule has 2 rings (SSSR count). The highest BCUT2D eigenvalue weighted by atomic mass is 16.4. The van der Waals surface area contributed by atoms with Crippen molar-refractivity contribution < 1.29 is 9.21 Å². The Morgan fingerprint density at radius 3 is 2.90 bits per heavy atom. The van der Waals surface area contributed by atoms with Gasteiger partial charge in [0.25, 0.3) is 5.91 Å². The van der Waals surface area contributed by atoms with Gasteiger partial charge in [-0.25, -0.2) is 4.98 Å². The van der Waals surface area contributed by atoms with E-state index in [1.165, 1.54) is 0 Å². The molecule has 1 atom stereocenters. The Kier molecular flexibility index (Phi) is 5.39. The standard InChI is InChI=1S/C16H27N3O2/c1-5-14-18-12(4)15(21-14)16(20)17-8-13-6-7-19(10-13)9-11(2)3/h11,13H,5-10H2,1-4H3,(H,17,20)/t13-/m0/s1. The first-order valence-electron chi connectivity index (χ1n) is 7.96. The summed E-state index contributed by atoms with van der Waals surface area (Å²) in [6, 6.07) is 0. The van der Waals surface area contributed by atoms with E-state index in [4.69, 9.17) is 4.42 Å². The van der Waals surface area contributed by atoms with Crippen molar-refractivity contribution in [2.75, 3.05) is 26.2 Å². The molecule has 5 nitrogen and oxygen atoms in total. The van der Waals surface area contributed by atoms with Gasteiger partial charge in [-0.15, -0.1) is 0 Å². The van der Waals surface area contributed by atoms with Crippen molar-refractivity contribution in [1.29, 1.82) is 0 Å². The van der Waals surface area contributed by atoms with Gasteiger partial charge in [-0.1, -0.05) is 20.8 Å². The van der Waals surface area contributed by atoms with Crippen LogP contribution in [0.15, 0.2) is 4.42 Å². The molecule has 1 aromatic rings. The van der Waals surface area contributed by atoms with Crippen LogP contribution < -0.4 is 5.32 Å². The van der Waals surface area contributed by atoms with Crippen molar-refractivity contribution in [1.82, 2.24) is 15.2 Å². The average Bonchev–Trinajstić information content (AvgIpc) is 3.02. The number of carbonyl (C=O) groups excluding carboxylic acids is 1. The first-order chi connectivity index (χ1) is 9.99. The molecule has 0 saturated carbocycles. The molecule has 2 heterocycles. The fourth-order valence-corrected chi connectivity index (χ4v) is 2.89. The van der Waals surface area contributed by atoms with Gasteiger partial charge < -0.3 is 14.6 Å². The van der Waals surface area contributed by atoms with Crippen LogP contribution in [0.5, 0.6) is 0 Å². The Bertz CT molecular complexity index is 482. The van der Waals surface area contributed by atoms with Gasteiger partial charge >= 0.3 is 0 Å². The van der Waals surface area contributed by atoms with Crippen LogP contribution in [-0.2, 0) is 6.42 Å². The Hall–Kier alpha value is -1.36. The van der Waals surface area contributed by atoms with Crippen LogP contribution in [0.4, 0.5) is 0 Å². The number of aromatic nitrogens is 1. The Morgan fingerprint density at radius 2 is 2.29 bits per heavy atom. The molecular weight excluding hydrogens is 266 g/mol. The maximum atomic E-state index is 12.2. The number of oxazole rings is 1. The summed E-state index contributed by atoms with van der Waals surface area (Å²) in [5.41, 5.74) is 0.678. The number of amides is 1. The summed E-state index contributed by atoms with van der Waals surface area (Å²) in [7, 11) is 0. The molecule has 0 aliphatic carbocycles. The molecule has 0 unspecified atom stereocenters. The maximum Gasteiger partial charge on any atom is 0.289 e. The Balaban J connectivity index is 1.80. The molecule has 1 amide bonds. The molecule has 1 aromatic heterocycles. The molecule has 0 spiro atoms. The smallest absolute Gasteiger partial charge is 0.289 e. The number of likely N-dealkylation sites (tertiary alicyclic amines) is 1. The van der Waals surface area contributed by atoms with E-state index in [0.717, 1.165) is 32.6 Å². The second-order valence-corrected chi connectivity index (χ2v) is 6.39. The first kappa shape index (κ1) is 16.0. The highest BCUT2D eigenvalue weighted by Crippen LogP contribution is 2.17. The summed E-state index contributed by atoms with van der Waals surface area (Å²) < 4.78 is 5.48. The van der Waals surface area contributed by atoms with Crippen LogP contribution in [0, 0.1) is 18.8 Å². The van der Waals surface area contributed by atoms with E-state index in [9.17, 15) is 4.79 Å². The maximum absolute atomic E-state index is 12.2.